The Balaban J connectivity index is 1.44. The van der Waals surface area contributed by atoms with Crippen molar-refractivity contribution in [3.05, 3.63) is 238 Å². The summed E-state index contributed by atoms with van der Waals surface area (Å²) in [5.41, 5.74) is 31.4. The molecule has 0 saturated heterocycles. The average molecular weight is 991 g/mol. The first kappa shape index (κ1) is 49.1. The van der Waals surface area contributed by atoms with E-state index >= 15 is 0 Å². The maximum absolute atomic E-state index is 5.94. The minimum absolute atomic E-state index is 0.125. The highest BCUT2D eigenvalue weighted by Crippen LogP contribution is 2.48. The van der Waals surface area contributed by atoms with E-state index in [1.54, 1.807) is 0 Å². The van der Waals surface area contributed by atoms with Crippen molar-refractivity contribution in [1.82, 2.24) is 19.9 Å². The quantitative estimate of drug-likeness (QED) is 0.129. The molecule has 11 rings (SSSR count). The number of rotatable bonds is 6. The molecule has 5 heteroatoms. The van der Waals surface area contributed by atoms with Crippen molar-refractivity contribution in [2.75, 3.05) is 0 Å². The lowest BCUT2D eigenvalue weighted by molar-refractivity contribution is 0.569. The lowest BCUT2D eigenvalue weighted by Crippen LogP contribution is -2.16. The van der Waals surface area contributed by atoms with Crippen LogP contribution in [0, 0.1) is 25.4 Å². The summed E-state index contributed by atoms with van der Waals surface area (Å²) in [4.78, 5) is 20.1. The van der Waals surface area contributed by atoms with Crippen LogP contribution in [0.2, 0.25) is 0 Å². The van der Waals surface area contributed by atoms with Crippen LogP contribution >= 0.6 is 9.24 Å². The second-order valence-corrected chi connectivity index (χ2v) is 22.5. The highest BCUT2D eigenvalue weighted by molar-refractivity contribution is 7.23. The summed E-state index contributed by atoms with van der Waals surface area (Å²) in [6.07, 6.45) is 0. The standard InChI is InChI=1S/C70H63N4P/c1-42-59(47-25-15-11-16-26-47)55-40-57-61(49-29-19-13-20-30-49)44(3)67(73-57)64(52-37-53(69(5,6)7)39-54(38-52)70(8,9)10)68-45(4)62(50-31-21-14-22-32-50)58(74-68)41-56-60(48-27-17-12-18-28-48)43(2)66(72-56)63(65(42)71-55)51-33-23-24-46(36-51)34-35-75/h11-33,36-41,71,74H,75H2,1-10H3. The van der Waals surface area contributed by atoms with Gasteiger partial charge < -0.3 is 9.97 Å². The molecule has 5 heterocycles. The molecule has 9 aromatic rings. The fourth-order valence-electron chi connectivity index (χ4n) is 11.2. The number of nitrogens with zero attached hydrogens (tertiary/aromatic N) is 2. The summed E-state index contributed by atoms with van der Waals surface area (Å²) in [6.45, 7) is 22.9. The summed E-state index contributed by atoms with van der Waals surface area (Å²) in [7, 11) is 2.56. The average Bonchev–Trinajstić information content (AvgIpc) is 4.17. The smallest absolute Gasteiger partial charge is 0.0772 e. The van der Waals surface area contributed by atoms with Gasteiger partial charge in [-0.1, -0.05) is 214 Å². The van der Waals surface area contributed by atoms with E-state index in [9.17, 15) is 0 Å². The van der Waals surface area contributed by atoms with E-state index in [1.807, 2.05) is 0 Å². The van der Waals surface area contributed by atoms with E-state index in [0.29, 0.717) is 0 Å². The minimum Gasteiger partial charge on any atom is -0.354 e. The second-order valence-electron chi connectivity index (χ2n) is 22.2. The van der Waals surface area contributed by atoms with Gasteiger partial charge in [0.05, 0.1) is 33.8 Å². The molecule has 6 aromatic carbocycles. The fourth-order valence-corrected chi connectivity index (χ4v) is 11.4. The van der Waals surface area contributed by atoms with Crippen molar-refractivity contribution in [3.63, 3.8) is 0 Å². The van der Waals surface area contributed by atoms with E-state index in [-0.39, 0.29) is 10.8 Å². The summed E-state index contributed by atoms with van der Waals surface area (Å²) in [5.74, 6) is 3.32. The molecule has 75 heavy (non-hydrogen) atoms. The molecule has 3 aromatic heterocycles. The van der Waals surface area contributed by atoms with Gasteiger partial charge in [-0.2, -0.15) is 0 Å². The number of hydrogen-bond acceptors (Lipinski definition) is 2. The lowest BCUT2D eigenvalue weighted by Gasteiger charge is -2.26. The van der Waals surface area contributed by atoms with Gasteiger partial charge in [0.1, 0.15) is 0 Å². The van der Waals surface area contributed by atoms with Gasteiger partial charge in [0.25, 0.3) is 0 Å². The molecule has 0 amide bonds. The van der Waals surface area contributed by atoms with Crippen LogP contribution in [0.4, 0.5) is 0 Å². The molecular formula is C70H63N4P. The predicted octanol–water partition coefficient (Wildman–Crippen LogP) is 18.3. The Morgan fingerprint density at radius 1 is 0.400 bits per heavy atom. The molecule has 1 unspecified atom stereocenters. The van der Waals surface area contributed by atoms with Gasteiger partial charge in [-0.3, -0.25) is 0 Å². The largest absolute Gasteiger partial charge is 0.354 e. The zero-order valence-electron chi connectivity index (χ0n) is 44.7. The fraction of sp³-hybridized carbons (Fsp3) is 0.171. The maximum Gasteiger partial charge on any atom is 0.0772 e. The van der Waals surface area contributed by atoms with Crippen molar-refractivity contribution < 1.29 is 0 Å². The SMILES string of the molecule is CC1=C(c2ccccc2)c2cc3[nH]c(c(C)c3-c3ccccc3)c(-c3cccc(C#CP)c3)c3nc(cc4[nH]c(c(C)c4-c4ccccc4)c(-c4cc(C(C)(C)C)cc(C(C)(C)C)c4)c1n2)C(c1ccccc1)=C3C. The Kier molecular flexibility index (Phi) is 12.7. The van der Waals surface area contributed by atoms with Gasteiger partial charge in [0.2, 0.25) is 0 Å². The van der Waals surface area contributed by atoms with Crippen LogP contribution < -0.4 is 0 Å². The van der Waals surface area contributed by atoms with E-state index < -0.39 is 0 Å². The minimum atomic E-state index is -0.125. The number of hydrogen-bond donors (Lipinski definition) is 2. The van der Waals surface area contributed by atoms with Gasteiger partial charge in [-0.25, -0.2) is 9.97 Å². The van der Waals surface area contributed by atoms with Gasteiger partial charge in [0.15, 0.2) is 0 Å². The summed E-state index contributed by atoms with van der Waals surface area (Å²) in [6, 6.07) is 63.5. The molecule has 4 nitrogen and oxygen atoms in total. The molecule has 2 aliphatic rings. The lowest BCUT2D eigenvalue weighted by atomic mass is 9.78. The van der Waals surface area contributed by atoms with Gasteiger partial charge in [-0.15, -0.1) is 0 Å². The number of nitrogens with one attached hydrogen (secondary N) is 2. The predicted molar refractivity (Wildman–Crippen MR) is 322 cm³/mol. The number of benzene rings is 6. The summed E-state index contributed by atoms with van der Waals surface area (Å²) in [5, 5.41) is 0. The van der Waals surface area contributed by atoms with Crippen LogP contribution in [-0.2, 0) is 10.8 Å². The molecule has 0 fully saturated rings. The molecule has 0 spiro atoms. The molecule has 0 aliphatic carbocycles. The first-order valence-electron chi connectivity index (χ1n) is 26.0. The Labute approximate surface area is 445 Å². The Morgan fingerprint density at radius 2 is 0.787 bits per heavy atom. The first-order valence-corrected chi connectivity index (χ1v) is 26.6. The van der Waals surface area contributed by atoms with Crippen LogP contribution in [0.5, 0.6) is 0 Å². The highest BCUT2D eigenvalue weighted by atomic mass is 31.0. The third-order valence-electron chi connectivity index (χ3n) is 15.1. The van der Waals surface area contributed by atoms with Crippen LogP contribution in [0.3, 0.4) is 0 Å². The molecule has 0 radical (unpaired) electrons. The Bertz CT molecular complexity index is 4000. The number of H-pyrrole nitrogens is 2. The molecule has 1 atom stereocenters. The normalized spacial score (nSPS) is 12.8. The van der Waals surface area contributed by atoms with Crippen molar-refractivity contribution in [3.8, 4) is 56.1 Å². The van der Waals surface area contributed by atoms with E-state index in [1.165, 1.54) is 11.1 Å². The summed E-state index contributed by atoms with van der Waals surface area (Å²) < 4.78 is 0. The van der Waals surface area contributed by atoms with Crippen LogP contribution in [0.15, 0.2) is 176 Å². The Morgan fingerprint density at radius 3 is 1.19 bits per heavy atom. The number of aromatic amines is 2. The maximum atomic E-state index is 5.94. The third kappa shape index (κ3) is 9.00. The molecule has 368 valence electrons. The van der Waals surface area contributed by atoms with Crippen molar-refractivity contribution in [1.29, 1.82) is 0 Å². The van der Waals surface area contributed by atoms with Gasteiger partial charge >= 0.3 is 0 Å². The van der Waals surface area contributed by atoms with Gasteiger partial charge in [-0.05, 0) is 130 Å². The van der Waals surface area contributed by atoms with Crippen molar-refractivity contribution >= 4 is 53.6 Å². The Hall–Kier alpha value is -8.09. The van der Waals surface area contributed by atoms with E-state index in [2.05, 4.69) is 276 Å². The monoisotopic (exact) mass is 990 g/mol. The van der Waals surface area contributed by atoms with Crippen LogP contribution in [0.25, 0.3) is 88.9 Å². The third-order valence-corrected chi connectivity index (χ3v) is 15.2. The van der Waals surface area contributed by atoms with Crippen LogP contribution in [-0.4, -0.2) is 19.9 Å². The molecular weight excluding hydrogens is 928 g/mol. The molecule has 2 aliphatic heterocycles. The van der Waals surface area contributed by atoms with Crippen molar-refractivity contribution in [2.24, 2.45) is 0 Å². The number of aromatic nitrogens is 4. The van der Waals surface area contributed by atoms with E-state index in [0.717, 1.165) is 139 Å². The van der Waals surface area contributed by atoms with Gasteiger partial charge in [0, 0.05) is 50.0 Å². The number of allylic oxidation sites excluding steroid dienone is 2. The number of aryl methyl sites for hydroxylation is 2. The van der Waals surface area contributed by atoms with E-state index in [4.69, 9.17) is 9.97 Å². The summed E-state index contributed by atoms with van der Waals surface area (Å²) >= 11 is 0. The highest BCUT2D eigenvalue weighted by Gasteiger charge is 2.30. The topological polar surface area (TPSA) is 57.4 Å². The number of fused-ring (bicyclic) bond motifs is 8. The molecule has 0 saturated carbocycles. The first-order chi connectivity index (χ1) is 36.1. The van der Waals surface area contributed by atoms with Crippen LogP contribution in [0.1, 0.15) is 117 Å². The van der Waals surface area contributed by atoms with Crippen molar-refractivity contribution in [2.45, 2.75) is 80.1 Å². The zero-order valence-corrected chi connectivity index (χ0v) is 45.9. The molecule has 2 N–H and O–H groups in total. The molecule has 8 bridgehead atoms. The zero-order chi connectivity index (χ0) is 52.3. The second kappa shape index (κ2) is 19.3.